The molecule has 4 rings (SSSR count). The van der Waals surface area contributed by atoms with Crippen LogP contribution in [0.2, 0.25) is 0 Å². The van der Waals surface area contributed by atoms with E-state index in [1.54, 1.807) is 0 Å². The summed E-state index contributed by atoms with van der Waals surface area (Å²) in [4.78, 5) is 0. The Labute approximate surface area is 178 Å². The SMILES string of the molecule is CC.CO.CSOc1ccc(C2c3ccccc3OCC2c2ccccc2)cc1. The van der Waals surface area contributed by atoms with Gasteiger partial charge < -0.3 is 14.0 Å². The van der Waals surface area contributed by atoms with Crippen molar-refractivity contribution in [3.05, 3.63) is 95.6 Å². The molecule has 0 aromatic heterocycles. The Balaban J connectivity index is 0.000000707. The highest BCUT2D eigenvalue weighted by atomic mass is 32.2. The molecule has 1 N–H and O–H groups in total. The van der Waals surface area contributed by atoms with Gasteiger partial charge in [-0.2, -0.15) is 0 Å². The van der Waals surface area contributed by atoms with E-state index in [2.05, 4.69) is 60.7 Å². The molecule has 0 saturated carbocycles. The van der Waals surface area contributed by atoms with E-state index in [1.807, 2.05) is 38.3 Å². The van der Waals surface area contributed by atoms with Gasteiger partial charge in [-0.25, -0.2) is 0 Å². The number of rotatable bonds is 4. The molecular formula is C25H30O3S. The van der Waals surface area contributed by atoms with Crippen molar-refractivity contribution < 1.29 is 14.0 Å². The number of fused-ring (bicyclic) bond motifs is 1. The normalized spacial score (nSPS) is 16.7. The van der Waals surface area contributed by atoms with E-state index in [4.69, 9.17) is 14.0 Å². The molecule has 3 nitrogen and oxygen atoms in total. The van der Waals surface area contributed by atoms with Crippen LogP contribution >= 0.6 is 12.0 Å². The van der Waals surface area contributed by atoms with Crippen molar-refractivity contribution in [2.45, 2.75) is 25.7 Å². The minimum Gasteiger partial charge on any atom is -0.493 e. The molecule has 4 heteroatoms. The van der Waals surface area contributed by atoms with E-state index in [1.165, 1.54) is 28.7 Å². The summed E-state index contributed by atoms with van der Waals surface area (Å²) in [5.74, 6) is 2.44. The van der Waals surface area contributed by atoms with Crippen LogP contribution in [0.1, 0.15) is 42.4 Å². The van der Waals surface area contributed by atoms with E-state index in [0.717, 1.165) is 18.6 Å². The summed E-state index contributed by atoms with van der Waals surface area (Å²) in [5, 5.41) is 7.00. The summed E-state index contributed by atoms with van der Waals surface area (Å²) < 4.78 is 11.6. The molecule has 0 fully saturated rings. The molecule has 0 radical (unpaired) electrons. The molecule has 154 valence electrons. The number of hydrogen-bond acceptors (Lipinski definition) is 4. The van der Waals surface area contributed by atoms with Crippen molar-refractivity contribution >= 4 is 12.0 Å². The highest BCUT2D eigenvalue weighted by Gasteiger charge is 2.33. The maximum absolute atomic E-state index is 7.00. The van der Waals surface area contributed by atoms with Gasteiger partial charge >= 0.3 is 0 Å². The van der Waals surface area contributed by atoms with Gasteiger partial charge in [0.2, 0.25) is 0 Å². The van der Waals surface area contributed by atoms with E-state index in [-0.39, 0.29) is 5.92 Å². The summed E-state index contributed by atoms with van der Waals surface area (Å²) in [6.07, 6.45) is 1.92. The average Bonchev–Trinajstić information content (AvgIpc) is 2.82. The fourth-order valence-corrected chi connectivity index (χ4v) is 3.89. The lowest BCUT2D eigenvalue weighted by Crippen LogP contribution is -2.25. The first-order chi connectivity index (χ1) is 14.4. The topological polar surface area (TPSA) is 38.7 Å². The van der Waals surface area contributed by atoms with Crippen LogP contribution in [0.3, 0.4) is 0 Å². The van der Waals surface area contributed by atoms with E-state index < -0.39 is 0 Å². The van der Waals surface area contributed by atoms with Crippen LogP contribution in [0.25, 0.3) is 0 Å². The second-order valence-electron chi connectivity index (χ2n) is 6.16. The third-order valence-corrected chi connectivity index (χ3v) is 5.08. The van der Waals surface area contributed by atoms with Gasteiger partial charge in [0.05, 0.1) is 18.6 Å². The van der Waals surface area contributed by atoms with Gasteiger partial charge in [-0.05, 0) is 29.3 Å². The van der Waals surface area contributed by atoms with Crippen LogP contribution in [0, 0.1) is 0 Å². The van der Waals surface area contributed by atoms with Gasteiger partial charge in [0.1, 0.15) is 11.5 Å². The second-order valence-corrected chi connectivity index (χ2v) is 6.66. The molecular weight excluding hydrogens is 380 g/mol. The number of benzene rings is 3. The lowest BCUT2D eigenvalue weighted by molar-refractivity contribution is 0.249. The average molecular weight is 411 g/mol. The number of aliphatic hydroxyl groups is 1. The maximum Gasteiger partial charge on any atom is 0.137 e. The van der Waals surface area contributed by atoms with Crippen molar-refractivity contribution in [3.8, 4) is 11.5 Å². The summed E-state index contributed by atoms with van der Waals surface area (Å²) >= 11 is 1.36. The molecule has 2 unspecified atom stereocenters. The number of para-hydroxylation sites is 1. The largest absolute Gasteiger partial charge is 0.493 e. The molecule has 0 spiro atoms. The van der Waals surface area contributed by atoms with Gasteiger partial charge in [0.15, 0.2) is 0 Å². The summed E-state index contributed by atoms with van der Waals surface area (Å²) in [6.45, 7) is 4.69. The molecule has 1 aliphatic rings. The fraction of sp³-hybridized carbons (Fsp3) is 0.280. The smallest absolute Gasteiger partial charge is 0.137 e. The number of hydrogen-bond donors (Lipinski definition) is 1. The molecule has 3 aromatic carbocycles. The molecule has 0 bridgehead atoms. The van der Waals surface area contributed by atoms with Gasteiger partial charge in [0.25, 0.3) is 0 Å². The van der Waals surface area contributed by atoms with E-state index >= 15 is 0 Å². The molecule has 0 saturated heterocycles. The fourth-order valence-electron chi connectivity index (χ4n) is 3.59. The second kappa shape index (κ2) is 12.2. The zero-order valence-electron chi connectivity index (χ0n) is 17.5. The highest BCUT2D eigenvalue weighted by Crippen LogP contribution is 2.46. The summed E-state index contributed by atoms with van der Waals surface area (Å²) in [5.41, 5.74) is 3.85. The Morgan fingerprint density at radius 2 is 1.45 bits per heavy atom. The van der Waals surface area contributed by atoms with Crippen molar-refractivity contribution in [2.75, 3.05) is 20.0 Å². The van der Waals surface area contributed by atoms with Crippen LogP contribution in [-0.2, 0) is 0 Å². The Hall–Kier alpha value is -2.43. The number of aliphatic hydroxyl groups excluding tert-OH is 1. The molecule has 2 atom stereocenters. The van der Waals surface area contributed by atoms with Crippen LogP contribution in [-0.4, -0.2) is 25.1 Å². The highest BCUT2D eigenvalue weighted by molar-refractivity contribution is 7.94. The Morgan fingerprint density at radius 1 is 0.828 bits per heavy atom. The van der Waals surface area contributed by atoms with Crippen molar-refractivity contribution in [1.29, 1.82) is 0 Å². The zero-order valence-corrected chi connectivity index (χ0v) is 18.4. The first-order valence-electron chi connectivity index (χ1n) is 9.89. The summed E-state index contributed by atoms with van der Waals surface area (Å²) in [7, 11) is 1.00. The molecule has 0 aliphatic carbocycles. The molecule has 3 aromatic rings. The van der Waals surface area contributed by atoms with E-state index in [0.29, 0.717) is 12.5 Å². The third-order valence-electron chi connectivity index (χ3n) is 4.72. The lowest BCUT2D eigenvalue weighted by atomic mass is 9.76. The van der Waals surface area contributed by atoms with Crippen LogP contribution < -0.4 is 8.92 Å². The predicted octanol–water partition coefficient (Wildman–Crippen LogP) is 6.29. The quantitative estimate of drug-likeness (QED) is 0.513. The molecule has 1 heterocycles. The Morgan fingerprint density at radius 3 is 2.10 bits per heavy atom. The van der Waals surface area contributed by atoms with E-state index in [9.17, 15) is 0 Å². The third kappa shape index (κ3) is 5.55. The molecule has 29 heavy (non-hydrogen) atoms. The zero-order chi connectivity index (χ0) is 21.1. The predicted molar refractivity (Wildman–Crippen MR) is 123 cm³/mol. The van der Waals surface area contributed by atoms with Crippen molar-refractivity contribution in [3.63, 3.8) is 0 Å². The maximum atomic E-state index is 7.00. The van der Waals surface area contributed by atoms with Crippen LogP contribution in [0.5, 0.6) is 11.5 Å². The molecule has 0 amide bonds. The first kappa shape index (κ1) is 22.9. The first-order valence-corrected chi connectivity index (χ1v) is 11.0. The Bertz CT molecular complexity index is 834. The summed E-state index contributed by atoms with van der Waals surface area (Å²) in [6, 6.07) is 27.5. The van der Waals surface area contributed by atoms with Gasteiger partial charge in [-0.15, -0.1) is 0 Å². The Kier molecular flexibility index (Phi) is 9.62. The molecule has 1 aliphatic heterocycles. The monoisotopic (exact) mass is 410 g/mol. The van der Waals surface area contributed by atoms with Crippen LogP contribution in [0.4, 0.5) is 0 Å². The van der Waals surface area contributed by atoms with Gasteiger partial charge in [-0.3, -0.25) is 0 Å². The number of ether oxygens (including phenoxy) is 1. The van der Waals surface area contributed by atoms with Gasteiger partial charge in [-0.1, -0.05) is 74.5 Å². The standard InChI is InChI=1S/C22H20O2S.C2H6.CH4O/c1-25-24-18-13-11-17(12-14-18)22-19-9-5-6-10-21(19)23-15-20(22)16-7-3-2-4-8-16;2*1-2/h2-14,20,22H,15H2,1H3;1-2H3;2H,1H3. The van der Waals surface area contributed by atoms with Crippen molar-refractivity contribution in [1.82, 2.24) is 0 Å². The van der Waals surface area contributed by atoms with Gasteiger partial charge in [0, 0.05) is 30.8 Å². The minimum atomic E-state index is 0.274. The minimum absolute atomic E-state index is 0.274. The lowest BCUT2D eigenvalue weighted by Gasteiger charge is -2.34. The van der Waals surface area contributed by atoms with Crippen LogP contribution in [0.15, 0.2) is 78.9 Å². The van der Waals surface area contributed by atoms with Crippen molar-refractivity contribution in [2.24, 2.45) is 0 Å².